The fourth-order valence-corrected chi connectivity index (χ4v) is 2.02. The number of rotatable bonds is 1. The zero-order valence-electron chi connectivity index (χ0n) is 7.30. The topological polar surface area (TPSA) is 0 Å². The van der Waals surface area contributed by atoms with E-state index in [2.05, 4.69) is 22.0 Å². The molecule has 0 bridgehead atoms. The first-order chi connectivity index (χ1) is 6.79. The number of benzene rings is 2. The van der Waals surface area contributed by atoms with Crippen LogP contribution >= 0.6 is 27.5 Å². The first-order valence-corrected chi connectivity index (χ1v) is 5.37. The molecule has 69 valence electrons. The van der Waals surface area contributed by atoms with Crippen molar-refractivity contribution in [3.05, 3.63) is 58.0 Å². The quantitative estimate of drug-likeness (QED) is 0.709. The molecule has 0 aliphatic heterocycles. The van der Waals surface area contributed by atoms with E-state index in [-0.39, 0.29) is 0 Å². The third kappa shape index (κ3) is 1.84. The van der Waals surface area contributed by atoms with E-state index in [4.69, 9.17) is 11.6 Å². The summed E-state index contributed by atoms with van der Waals surface area (Å²) in [6, 6.07) is 16.7. The van der Waals surface area contributed by atoms with Gasteiger partial charge in [0.05, 0.1) is 0 Å². The van der Waals surface area contributed by atoms with Gasteiger partial charge in [0.2, 0.25) is 0 Å². The second-order valence-corrected chi connectivity index (χ2v) is 4.08. The molecule has 0 N–H and O–H groups in total. The second kappa shape index (κ2) is 4.16. The van der Waals surface area contributed by atoms with Gasteiger partial charge in [0, 0.05) is 15.1 Å². The van der Waals surface area contributed by atoms with Crippen molar-refractivity contribution in [3.63, 3.8) is 0 Å². The summed E-state index contributed by atoms with van der Waals surface area (Å²) in [5, 5.41) is 0.757. The molecule has 0 atom stereocenters. The Morgan fingerprint density at radius 3 is 2.43 bits per heavy atom. The molecule has 0 aliphatic carbocycles. The molecule has 0 saturated heterocycles. The third-order valence-corrected chi connectivity index (χ3v) is 2.96. The van der Waals surface area contributed by atoms with Gasteiger partial charge in [-0.15, -0.1) is 0 Å². The van der Waals surface area contributed by atoms with Gasteiger partial charge in [-0.1, -0.05) is 48.0 Å². The molecular formula is C12H7BrCl. The van der Waals surface area contributed by atoms with Crippen LogP contribution in [-0.2, 0) is 0 Å². The molecule has 0 aromatic heterocycles. The Kier molecular flexibility index (Phi) is 2.90. The maximum atomic E-state index is 6.10. The van der Waals surface area contributed by atoms with Crippen LogP contribution in [0, 0.1) is 6.07 Å². The molecule has 0 unspecified atom stereocenters. The van der Waals surface area contributed by atoms with Crippen LogP contribution in [0.2, 0.25) is 5.02 Å². The number of hydrogen-bond donors (Lipinski definition) is 0. The molecule has 1 radical (unpaired) electrons. The lowest BCUT2D eigenvalue weighted by atomic mass is 10.1. The third-order valence-electron chi connectivity index (χ3n) is 1.97. The van der Waals surface area contributed by atoms with Gasteiger partial charge < -0.3 is 0 Å². The largest absolute Gasteiger partial charge is 0.0837 e. The predicted molar refractivity (Wildman–Crippen MR) is 63.4 cm³/mol. The normalized spacial score (nSPS) is 10.1. The smallest absolute Gasteiger partial charge is 0.0484 e. The first kappa shape index (κ1) is 9.75. The van der Waals surface area contributed by atoms with E-state index in [1.165, 1.54) is 0 Å². The lowest BCUT2D eigenvalue weighted by molar-refractivity contribution is 1.57. The first-order valence-electron chi connectivity index (χ1n) is 4.20. The maximum Gasteiger partial charge on any atom is 0.0484 e. The van der Waals surface area contributed by atoms with Crippen molar-refractivity contribution in [1.82, 2.24) is 0 Å². The molecular weight excluding hydrogens is 259 g/mol. The average molecular weight is 267 g/mol. The molecule has 2 aromatic rings. The van der Waals surface area contributed by atoms with E-state index in [0.717, 1.165) is 20.6 Å². The zero-order valence-corrected chi connectivity index (χ0v) is 9.64. The van der Waals surface area contributed by atoms with Crippen LogP contribution < -0.4 is 0 Å². The Labute approximate surface area is 96.7 Å². The van der Waals surface area contributed by atoms with Crippen LogP contribution in [-0.4, -0.2) is 0 Å². The van der Waals surface area contributed by atoms with E-state index in [1.54, 1.807) is 0 Å². The van der Waals surface area contributed by atoms with Gasteiger partial charge >= 0.3 is 0 Å². The van der Waals surface area contributed by atoms with Gasteiger partial charge in [-0.3, -0.25) is 0 Å². The monoisotopic (exact) mass is 265 g/mol. The highest BCUT2D eigenvalue weighted by Crippen LogP contribution is 2.32. The van der Waals surface area contributed by atoms with Crippen molar-refractivity contribution in [1.29, 1.82) is 0 Å². The highest BCUT2D eigenvalue weighted by Gasteiger charge is 2.04. The van der Waals surface area contributed by atoms with Crippen molar-refractivity contribution < 1.29 is 0 Å². The van der Waals surface area contributed by atoms with Crippen LogP contribution in [0.25, 0.3) is 11.1 Å². The molecule has 0 heterocycles. The van der Waals surface area contributed by atoms with E-state index in [9.17, 15) is 0 Å². The van der Waals surface area contributed by atoms with Crippen LogP contribution in [0.15, 0.2) is 46.9 Å². The van der Waals surface area contributed by atoms with Crippen LogP contribution in [0.5, 0.6) is 0 Å². The predicted octanol–water partition coefficient (Wildman–Crippen LogP) is 4.57. The average Bonchev–Trinajstić information content (AvgIpc) is 2.20. The van der Waals surface area contributed by atoms with Gasteiger partial charge in [-0.05, 0) is 33.6 Å². The van der Waals surface area contributed by atoms with E-state index < -0.39 is 0 Å². The highest BCUT2D eigenvalue weighted by atomic mass is 79.9. The Balaban J connectivity index is 2.61. The van der Waals surface area contributed by atoms with Gasteiger partial charge in [0.25, 0.3) is 0 Å². The molecule has 0 amide bonds. The fraction of sp³-hybridized carbons (Fsp3) is 0. The molecule has 2 heteroatoms. The summed E-state index contributed by atoms with van der Waals surface area (Å²) < 4.78 is 0.938. The summed E-state index contributed by atoms with van der Waals surface area (Å²) in [5.74, 6) is 0. The highest BCUT2D eigenvalue weighted by molar-refractivity contribution is 9.10. The molecule has 0 spiro atoms. The zero-order chi connectivity index (χ0) is 9.97. The Bertz CT molecular complexity index is 408. The number of halogens is 2. The molecule has 0 nitrogen and oxygen atoms in total. The molecule has 14 heavy (non-hydrogen) atoms. The molecule has 0 saturated carbocycles. The van der Waals surface area contributed by atoms with E-state index in [1.807, 2.05) is 42.5 Å². The van der Waals surface area contributed by atoms with Crippen molar-refractivity contribution in [2.75, 3.05) is 0 Å². The van der Waals surface area contributed by atoms with Gasteiger partial charge in [-0.25, -0.2) is 0 Å². The maximum absolute atomic E-state index is 6.10. The van der Waals surface area contributed by atoms with Crippen molar-refractivity contribution in [2.24, 2.45) is 0 Å². The Hall–Kier alpha value is -0.790. The van der Waals surface area contributed by atoms with Crippen LogP contribution in [0.4, 0.5) is 0 Å². The minimum Gasteiger partial charge on any atom is -0.0837 e. The van der Waals surface area contributed by atoms with Crippen LogP contribution in [0.1, 0.15) is 0 Å². The van der Waals surface area contributed by atoms with Gasteiger partial charge in [-0.2, -0.15) is 0 Å². The van der Waals surface area contributed by atoms with Crippen molar-refractivity contribution in [3.8, 4) is 11.1 Å². The van der Waals surface area contributed by atoms with Crippen LogP contribution in [0.3, 0.4) is 0 Å². The van der Waals surface area contributed by atoms with Crippen molar-refractivity contribution in [2.45, 2.75) is 0 Å². The van der Waals surface area contributed by atoms with Gasteiger partial charge in [0.15, 0.2) is 0 Å². The second-order valence-electron chi connectivity index (χ2n) is 2.88. The summed E-state index contributed by atoms with van der Waals surface area (Å²) in [6.07, 6.45) is 0. The lowest BCUT2D eigenvalue weighted by Gasteiger charge is -2.05. The minimum atomic E-state index is 0.757. The minimum absolute atomic E-state index is 0.757. The summed E-state index contributed by atoms with van der Waals surface area (Å²) in [5.41, 5.74) is 2.09. The summed E-state index contributed by atoms with van der Waals surface area (Å²) in [7, 11) is 0. The molecule has 0 aliphatic rings. The molecule has 2 rings (SSSR count). The molecule has 2 aromatic carbocycles. The summed E-state index contributed by atoms with van der Waals surface area (Å²) >= 11 is 9.55. The molecule has 0 fully saturated rings. The SMILES string of the molecule is Clc1ccccc1-c1ccc[c]c1Br. The van der Waals surface area contributed by atoms with Gasteiger partial charge in [0.1, 0.15) is 0 Å². The number of hydrogen-bond acceptors (Lipinski definition) is 0. The van der Waals surface area contributed by atoms with E-state index in [0.29, 0.717) is 0 Å². The Morgan fingerprint density at radius 2 is 1.71 bits per heavy atom. The lowest BCUT2D eigenvalue weighted by Crippen LogP contribution is -1.80. The fourth-order valence-electron chi connectivity index (χ4n) is 1.30. The summed E-state index contributed by atoms with van der Waals surface area (Å²) in [4.78, 5) is 0. The van der Waals surface area contributed by atoms with Crippen molar-refractivity contribution >= 4 is 27.5 Å². The standard InChI is InChI=1S/C12H7BrCl/c13-11-7-3-1-5-9(11)10-6-2-4-8-12(10)14/h1-6,8H. The summed E-state index contributed by atoms with van der Waals surface area (Å²) in [6.45, 7) is 0. The van der Waals surface area contributed by atoms with E-state index >= 15 is 0 Å². The Morgan fingerprint density at radius 1 is 1.00 bits per heavy atom.